The molecule has 2 heterocycles. The molecule has 0 aromatic carbocycles. The molecule has 1 N–H and O–H groups in total. The highest BCUT2D eigenvalue weighted by Gasteiger charge is 2.35. The van der Waals surface area contributed by atoms with Crippen LogP contribution in [-0.2, 0) is 10.9 Å². The molecule has 0 radical (unpaired) electrons. The van der Waals surface area contributed by atoms with Gasteiger partial charge < -0.3 is 15.0 Å². The van der Waals surface area contributed by atoms with Crippen molar-refractivity contribution >= 4 is 11.9 Å². The van der Waals surface area contributed by atoms with E-state index in [1.54, 1.807) is 20.8 Å². The molecule has 1 fully saturated rings. The van der Waals surface area contributed by atoms with E-state index in [-0.39, 0.29) is 11.9 Å². The predicted molar refractivity (Wildman–Crippen MR) is 72.3 cm³/mol. The maximum absolute atomic E-state index is 12.5. The van der Waals surface area contributed by atoms with Crippen molar-refractivity contribution in [1.29, 1.82) is 0 Å². The Balaban J connectivity index is 1.87. The first-order valence-corrected chi connectivity index (χ1v) is 6.68. The van der Waals surface area contributed by atoms with Gasteiger partial charge in [-0.1, -0.05) is 0 Å². The SMILES string of the molecule is CC(C)(C)OC(=O)N1CC(Nc2cc(C(F)(F)F)ncn2)C1. The van der Waals surface area contributed by atoms with Crippen molar-refractivity contribution in [2.24, 2.45) is 0 Å². The Morgan fingerprint density at radius 1 is 1.32 bits per heavy atom. The number of halogens is 3. The van der Waals surface area contributed by atoms with E-state index in [4.69, 9.17) is 4.74 Å². The minimum Gasteiger partial charge on any atom is -0.444 e. The average molecular weight is 318 g/mol. The Bertz CT molecular complexity index is 551. The fourth-order valence-electron chi connectivity index (χ4n) is 1.85. The summed E-state index contributed by atoms with van der Waals surface area (Å²) >= 11 is 0. The van der Waals surface area contributed by atoms with Crippen molar-refractivity contribution in [1.82, 2.24) is 14.9 Å². The van der Waals surface area contributed by atoms with Gasteiger partial charge >= 0.3 is 12.3 Å². The van der Waals surface area contributed by atoms with Crippen LogP contribution < -0.4 is 5.32 Å². The lowest BCUT2D eigenvalue weighted by molar-refractivity contribution is -0.141. The van der Waals surface area contributed by atoms with Crippen LogP contribution in [0.4, 0.5) is 23.8 Å². The van der Waals surface area contributed by atoms with Crippen LogP contribution in [0.5, 0.6) is 0 Å². The van der Waals surface area contributed by atoms with E-state index in [2.05, 4.69) is 15.3 Å². The van der Waals surface area contributed by atoms with Crippen LogP contribution >= 0.6 is 0 Å². The Morgan fingerprint density at radius 3 is 2.50 bits per heavy atom. The van der Waals surface area contributed by atoms with E-state index in [1.807, 2.05) is 0 Å². The van der Waals surface area contributed by atoms with Gasteiger partial charge in [0.25, 0.3) is 0 Å². The number of likely N-dealkylation sites (tertiary alicyclic amines) is 1. The van der Waals surface area contributed by atoms with Gasteiger partial charge in [-0.25, -0.2) is 14.8 Å². The number of nitrogens with zero attached hydrogens (tertiary/aromatic N) is 3. The average Bonchev–Trinajstić information content (AvgIpc) is 2.30. The lowest BCUT2D eigenvalue weighted by atomic mass is 10.1. The molecule has 0 bridgehead atoms. The molecule has 0 aliphatic carbocycles. The van der Waals surface area contributed by atoms with Crippen LogP contribution in [0.2, 0.25) is 0 Å². The number of amides is 1. The highest BCUT2D eigenvalue weighted by atomic mass is 19.4. The smallest absolute Gasteiger partial charge is 0.433 e. The van der Waals surface area contributed by atoms with E-state index >= 15 is 0 Å². The van der Waals surface area contributed by atoms with Crippen LogP contribution in [0.15, 0.2) is 12.4 Å². The van der Waals surface area contributed by atoms with E-state index in [0.29, 0.717) is 13.1 Å². The molecule has 122 valence electrons. The van der Waals surface area contributed by atoms with Crippen molar-refractivity contribution < 1.29 is 22.7 Å². The maximum Gasteiger partial charge on any atom is 0.433 e. The highest BCUT2D eigenvalue weighted by molar-refractivity contribution is 5.69. The van der Waals surface area contributed by atoms with Gasteiger partial charge in [0.15, 0.2) is 0 Å². The molecule has 2 rings (SSSR count). The number of rotatable bonds is 2. The van der Waals surface area contributed by atoms with E-state index < -0.39 is 23.6 Å². The van der Waals surface area contributed by atoms with Crippen molar-refractivity contribution in [2.45, 2.75) is 38.6 Å². The second kappa shape index (κ2) is 5.62. The summed E-state index contributed by atoms with van der Waals surface area (Å²) in [4.78, 5) is 20.1. The number of hydrogen-bond acceptors (Lipinski definition) is 5. The molecule has 1 saturated heterocycles. The molecule has 0 unspecified atom stereocenters. The molecule has 0 spiro atoms. The van der Waals surface area contributed by atoms with Crippen LogP contribution in [0.25, 0.3) is 0 Å². The second-order valence-electron chi connectivity index (χ2n) is 6.01. The molecule has 1 aliphatic heterocycles. The van der Waals surface area contributed by atoms with Crippen LogP contribution in [0.3, 0.4) is 0 Å². The van der Waals surface area contributed by atoms with E-state index in [1.165, 1.54) is 4.90 Å². The first-order chi connectivity index (χ1) is 10.0. The Morgan fingerprint density at radius 2 is 1.95 bits per heavy atom. The molecule has 1 aliphatic rings. The molecule has 22 heavy (non-hydrogen) atoms. The molecular formula is C13H17F3N4O2. The quantitative estimate of drug-likeness (QED) is 0.907. The van der Waals surface area contributed by atoms with Gasteiger partial charge in [-0.3, -0.25) is 0 Å². The Kier molecular flexibility index (Phi) is 4.17. The summed E-state index contributed by atoms with van der Waals surface area (Å²) in [5, 5.41) is 2.84. The zero-order chi connectivity index (χ0) is 16.5. The van der Waals surface area contributed by atoms with Gasteiger partial charge in [0.05, 0.1) is 6.04 Å². The molecule has 1 aromatic rings. The van der Waals surface area contributed by atoms with Crippen LogP contribution in [0, 0.1) is 0 Å². The van der Waals surface area contributed by atoms with Crippen LogP contribution in [0.1, 0.15) is 26.5 Å². The molecule has 0 saturated carbocycles. The normalized spacial score (nSPS) is 16.2. The number of aromatic nitrogens is 2. The molecule has 1 amide bonds. The number of anilines is 1. The van der Waals surface area contributed by atoms with Crippen molar-refractivity contribution in [3.8, 4) is 0 Å². The lowest BCUT2D eigenvalue weighted by Gasteiger charge is -2.40. The summed E-state index contributed by atoms with van der Waals surface area (Å²) in [6.45, 7) is 5.99. The maximum atomic E-state index is 12.5. The standard InChI is InChI=1S/C13H17F3N4O2/c1-12(2,3)22-11(21)20-5-8(6-20)19-10-4-9(13(14,15)16)17-7-18-10/h4,7-8H,5-6H2,1-3H3,(H,17,18,19). The number of ether oxygens (including phenoxy) is 1. The third-order valence-electron chi connectivity index (χ3n) is 2.84. The van der Waals surface area contributed by atoms with E-state index in [0.717, 1.165) is 12.4 Å². The summed E-state index contributed by atoms with van der Waals surface area (Å²) in [5.74, 6) is 0.0798. The van der Waals surface area contributed by atoms with Crippen LogP contribution in [-0.4, -0.2) is 45.7 Å². The first-order valence-electron chi connectivity index (χ1n) is 6.68. The van der Waals surface area contributed by atoms with E-state index in [9.17, 15) is 18.0 Å². The van der Waals surface area contributed by atoms with Crippen molar-refractivity contribution in [2.75, 3.05) is 18.4 Å². The zero-order valence-corrected chi connectivity index (χ0v) is 12.4. The molecule has 9 heteroatoms. The highest BCUT2D eigenvalue weighted by Crippen LogP contribution is 2.28. The third-order valence-corrected chi connectivity index (χ3v) is 2.84. The minimum absolute atomic E-state index is 0.0798. The lowest BCUT2D eigenvalue weighted by Crippen LogP contribution is -2.58. The first kappa shape index (κ1) is 16.3. The Hall–Kier alpha value is -2.06. The van der Waals surface area contributed by atoms with Gasteiger partial charge in [-0.2, -0.15) is 13.2 Å². The van der Waals surface area contributed by atoms with Gasteiger partial charge in [0, 0.05) is 19.2 Å². The largest absolute Gasteiger partial charge is 0.444 e. The van der Waals surface area contributed by atoms with Gasteiger partial charge in [0.2, 0.25) is 0 Å². The Labute approximate surface area is 125 Å². The third kappa shape index (κ3) is 4.22. The number of carbonyl (C=O) groups is 1. The fraction of sp³-hybridized carbons (Fsp3) is 0.615. The molecule has 0 atom stereocenters. The topological polar surface area (TPSA) is 67.3 Å². The number of nitrogens with one attached hydrogen (secondary N) is 1. The fourth-order valence-corrected chi connectivity index (χ4v) is 1.85. The van der Waals surface area contributed by atoms with Gasteiger partial charge in [0.1, 0.15) is 23.4 Å². The zero-order valence-electron chi connectivity index (χ0n) is 12.4. The summed E-state index contributed by atoms with van der Waals surface area (Å²) in [6, 6.07) is 0.680. The summed E-state index contributed by atoms with van der Waals surface area (Å²) in [7, 11) is 0. The number of alkyl halides is 3. The number of carbonyl (C=O) groups excluding carboxylic acids is 1. The minimum atomic E-state index is -4.51. The number of hydrogen-bond donors (Lipinski definition) is 1. The van der Waals surface area contributed by atoms with Gasteiger partial charge in [-0.05, 0) is 20.8 Å². The summed E-state index contributed by atoms with van der Waals surface area (Å²) < 4.78 is 42.8. The van der Waals surface area contributed by atoms with Crippen molar-refractivity contribution in [3.05, 3.63) is 18.1 Å². The molecule has 6 nitrogen and oxygen atoms in total. The molecule has 1 aromatic heterocycles. The van der Waals surface area contributed by atoms with Gasteiger partial charge in [-0.15, -0.1) is 0 Å². The predicted octanol–water partition coefficient (Wildman–Crippen LogP) is 2.53. The summed E-state index contributed by atoms with van der Waals surface area (Å²) in [5.41, 5.74) is -1.59. The summed E-state index contributed by atoms with van der Waals surface area (Å²) in [6.07, 6.45) is -4.10. The van der Waals surface area contributed by atoms with Crippen molar-refractivity contribution in [3.63, 3.8) is 0 Å². The second-order valence-corrected chi connectivity index (χ2v) is 6.01. The molecular weight excluding hydrogens is 301 g/mol. The monoisotopic (exact) mass is 318 g/mol.